The van der Waals surface area contributed by atoms with Crippen LogP contribution in [0.3, 0.4) is 0 Å². The average Bonchev–Trinajstić information content (AvgIpc) is 3.12. The minimum atomic E-state index is -0.525. The Morgan fingerprint density at radius 2 is 1.84 bits per heavy atom. The summed E-state index contributed by atoms with van der Waals surface area (Å²) in [6.07, 6.45) is 3.22. The van der Waals surface area contributed by atoms with Gasteiger partial charge in [0.15, 0.2) is 0 Å². The second kappa shape index (κ2) is 10.3. The molecule has 0 aliphatic carbocycles. The Hall–Kier alpha value is -2.61. The number of ether oxygens (including phenoxy) is 3. The van der Waals surface area contributed by atoms with Crippen LogP contribution in [0.5, 0.6) is 0 Å². The van der Waals surface area contributed by atoms with E-state index in [2.05, 4.69) is 24.0 Å². The van der Waals surface area contributed by atoms with Gasteiger partial charge in [0.1, 0.15) is 0 Å². The monoisotopic (exact) mass is 526 g/mol. The zero-order valence-corrected chi connectivity index (χ0v) is 22.8. The molecule has 2 aromatic rings. The number of rotatable bonds is 5. The summed E-state index contributed by atoms with van der Waals surface area (Å²) in [5.74, 6) is -0.339. The summed E-state index contributed by atoms with van der Waals surface area (Å²) >= 11 is 6.95. The van der Waals surface area contributed by atoms with Crippen molar-refractivity contribution in [1.82, 2.24) is 0 Å². The number of hydrogen-bond acceptors (Lipinski definition) is 6. The minimum absolute atomic E-state index is 0.116. The number of benzene rings is 2. The Morgan fingerprint density at radius 1 is 1.16 bits per heavy atom. The second-order valence-electron chi connectivity index (χ2n) is 10.2. The predicted molar refractivity (Wildman–Crippen MR) is 145 cm³/mol. The van der Waals surface area contributed by atoms with Crippen LogP contribution in [-0.4, -0.2) is 65.0 Å². The molecule has 0 bridgehead atoms. The highest BCUT2D eigenvalue weighted by atomic mass is 35.5. The summed E-state index contributed by atoms with van der Waals surface area (Å²) in [5.41, 5.74) is 5.19. The number of halogens is 1. The Labute approximate surface area is 223 Å². The minimum Gasteiger partial charge on any atom is -0.465 e. The molecule has 1 amide bonds. The molecule has 0 N–H and O–H groups in total. The quantitative estimate of drug-likeness (QED) is 0.503. The Morgan fingerprint density at radius 3 is 2.49 bits per heavy atom. The smallest absolute Gasteiger partial charge is 0.339 e. The Balaban J connectivity index is 1.66. The van der Waals surface area contributed by atoms with E-state index < -0.39 is 11.4 Å². The highest BCUT2D eigenvalue weighted by Gasteiger charge is 2.50. The summed E-state index contributed by atoms with van der Waals surface area (Å²) in [5, 5.41) is 0.365. The molecule has 2 saturated heterocycles. The van der Waals surface area contributed by atoms with Crippen LogP contribution in [0.15, 0.2) is 24.3 Å². The number of likely N-dealkylation sites (N-methyl/N-ethyl adjacent to an activating group) is 1. The van der Waals surface area contributed by atoms with Crippen LogP contribution in [0.4, 0.5) is 11.4 Å². The van der Waals surface area contributed by atoms with Gasteiger partial charge in [0.2, 0.25) is 5.91 Å². The number of carbonyl (C=O) groups excluding carboxylic acids is 2. The van der Waals surface area contributed by atoms with Crippen molar-refractivity contribution >= 4 is 34.9 Å². The number of nitrogens with zero attached hydrogens (tertiary/aromatic N) is 2. The third-order valence-corrected chi connectivity index (χ3v) is 8.81. The lowest BCUT2D eigenvalue weighted by atomic mass is 9.75. The number of methoxy groups -OCH3 is 1. The van der Waals surface area contributed by atoms with Crippen molar-refractivity contribution in [2.45, 2.75) is 51.0 Å². The van der Waals surface area contributed by atoms with Gasteiger partial charge in [-0.3, -0.25) is 4.79 Å². The van der Waals surface area contributed by atoms with Gasteiger partial charge in [-0.2, -0.15) is 0 Å². The topological polar surface area (TPSA) is 68.3 Å². The first-order chi connectivity index (χ1) is 17.8. The maximum atomic E-state index is 13.4. The van der Waals surface area contributed by atoms with Gasteiger partial charge in [0.25, 0.3) is 0 Å². The van der Waals surface area contributed by atoms with Gasteiger partial charge >= 0.3 is 5.97 Å². The molecule has 5 rings (SSSR count). The van der Waals surface area contributed by atoms with E-state index in [0.29, 0.717) is 42.7 Å². The van der Waals surface area contributed by atoms with Crippen molar-refractivity contribution in [3.8, 4) is 11.1 Å². The molecule has 8 heteroatoms. The molecule has 3 aliphatic rings. The van der Waals surface area contributed by atoms with Gasteiger partial charge in [0, 0.05) is 63.0 Å². The normalized spacial score (nSPS) is 19.3. The molecule has 198 valence electrons. The van der Waals surface area contributed by atoms with Crippen molar-refractivity contribution < 1.29 is 23.8 Å². The number of fused-ring (bicyclic) bond motifs is 2. The molecule has 0 saturated carbocycles. The first-order valence-electron chi connectivity index (χ1n) is 13.1. The average molecular weight is 527 g/mol. The van der Waals surface area contributed by atoms with Crippen molar-refractivity contribution in [2.75, 3.05) is 56.9 Å². The van der Waals surface area contributed by atoms with E-state index in [1.54, 1.807) is 4.90 Å². The van der Waals surface area contributed by atoms with Crippen LogP contribution in [0.1, 0.15) is 54.1 Å². The highest BCUT2D eigenvalue weighted by molar-refractivity contribution is 6.36. The maximum Gasteiger partial charge on any atom is 0.339 e. The molecule has 37 heavy (non-hydrogen) atoms. The van der Waals surface area contributed by atoms with Gasteiger partial charge in [0.05, 0.1) is 23.1 Å². The van der Waals surface area contributed by atoms with E-state index in [-0.39, 0.29) is 5.91 Å². The SMILES string of the molecule is CCN(c1cc(-c2ccc3c(c2)N(C)C(=O)C32CCOCC2)c(Cl)c(C(=O)OC)c1C)C1CCOCC1. The van der Waals surface area contributed by atoms with E-state index in [4.69, 9.17) is 25.8 Å². The summed E-state index contributed by atoms with van der Waals surface area (Å²) in [7, 11) is 3.21. The molecule has 7 nitrogen and oxygen atoms in total. The maximum absolute atomic E-state index is 13.4. The largest absolute Gasteiger partial charge is 0.465 e. The van der Waals surface area contributed by atoms with Crippen molar-refractivity contribution in [3.63, 3.8) is 0 Å². The third-order valence-electron chi connectivity index (χ3n) is 8.41. The van der Waals surface area contributed by atoms with Gasteiger partial charge in [-0.15, -0.1) is 0 Å². The first-order valence-corrected chi connectivity index (χ1v) is 13.5. The van der Waals surface area contributed by atoms with Crippen LogP contribution >= 0.6 is 11.6 Å². The van der Waals surface area contributed by atoms with Crippen molar-refractivity contribution in [1.29, 1.82) is 0 Å². The molecular formula is C29H35ClN2O5. The fourth-order valence-corrected chi connectivity index (χ4v) is 6.72. The Bertz CT molecular complexity index is 1220. The molecule has 0 aromatic heterocycles. The third kappa shape index (κ3) is 4.21. The fraction of sp³-hybridized carbons (Fsp3) is 0.517. The summed E-state index contributed by atoms with van der Waals surface area (Å²) in [6, 6.07) is 8.51. The summed E-state index contributed by atoms with van der Waals surface area (Å²) in [4.78, 5) is 30.5. The van der Waals surface area contributed by atoms with Crippen molar-refractivity contribution in [3.05, 3.63) is 46.0 Å². The molecule has 2 aromatic carbocycles. The number of carbonyl (C=O) groups is 2. The lowest BCUT2D eigenvalue weighted by Crippen LogP contribution is -2.42. The van der Waals surface area contributed by atoms with Gasteiger partial charge in [-0.25, -0.2) is 4.79 Å². The van der Waals surface area contributed by atoms with Crippen LogP contribution in [-0.2, 0) is 24.4 Å². The van der Waals surface area contributed by atoms with Gasteiger partial charge in [-0.05, 0) is 68.4 Å². The molecule has 3 heterocycles. The van der Waals surface area contributed by atoms with E-state index in [9.17, 15) is 9.59 Å². The lowest BCUT2D eigenvalue weighted by Gasteiger charge is -2.37. The van der Waals surface area contributed by atoms with Gasteiger partial charge in [-0.1, -0.05) is 23.7 Å². The molecule has 3 aliphatic heterocycles. The van der Waals surface area contributed by atoms with E-state index in [1.807, 2.05) is 26.1 Å². The molecule has 0 radical (unpaired) electrons. The molecule has 0 unspecified atom stereocenters. The number of esters is 1. The van der Waals surface area contributed by atoms with Crippen LogP contribution < -0.4 is 9.80 Å². The van der Waals surface area contributed by atoms with Crippen LogP contribution in [0.25, 0.3) is 11.1 Å². The molecule has 1 spiro atoms. The molecular weight excluding hydrogens is 492 g/mol. The zero-order chi connectivity index (χ0) is 26.3. The highest BCUT2D eigenvalue weighted by Crippen LogP contribution is 2.49. The number of hydrogen-bond donors (Lipinski definition) is 0. The van der Waals surface area contributed by atoms with Gasteiger partial charge < -0.3 is 24.0 Å². The van der Waals surface area contributed by atoms with Crippen molar-refractivity contribution in [2.24, 2.45) is 0 Å². The first kappa shape index (κ1) is 26.0. The van der Waals surface area contributed by atoms with E-state index >= 15 is 0 Å². The lowest BCUT2D eigenvalue weighted by molar-refractivity contribution is -0.126. The van der Waals surface area contributed by atoms with E-state index in [1.165, 1.54) is 7.11 Å². The van der Waals surface area contributed by atoms with Crippen LogP contribution in [0, 0.1) is 6.92 Å². The Kier molecular flexibility index (Phi) is 7.22. The second-order valence-corrected chi connectivity index (χ2v) is 10.5. The summed E-state index contributed by atoms with van der Waals surface area (Å²) in [6.45, 7) is 7.46. The summed E-state index contributed by atoms with van der Waals surface area (Å²) < 4.78 is 16.3. The molecule has 0 atom stereocenters. The number of anilines is 2. The van der Waals surface area contributed by atoms with Crippen LogP contribution in [0.2, 0.25) is 5.02 Å². The van der Waals surface area contributed by atoms with E-state index in [0.717, 1.165) is 66.2 Å². The fourth-order valence-electron chi connectivity index (χ4n) is 6.34. The standard InChI is InChI=1S/C29H35ClN2O5/c1-5-32(20-8-12-36-13-9-20)23-17-21(26(30)25(18(23)2)27(33)35-4)19-6-7-22-24(16-19)31(3)28(34)29(22)10-14-37-15-11-29/h6-7,16-17,20H,5,8-15H2,1-4H3. The molecule has 2 fully saturated rings. The zero-order valence-electron chi connectivity index (χ0n) is 22.1. The predicted octanol–water partition coefficient (Wildman–Crippen LogP) is 5.13. The number of amides is 1.